The van der Waals surface area contributed by atoms with Crippen LogP contribution in [0.25, 0.3) is 4.49 Å². The van der Waals surface area contributed by atoms with Crippen molar-refractivity contribution >= 4 is 17.8 Å². The zero-order valence-corrected chi connectivity index (χ0v) is 21.4. The molecule has 28 heavy (non-hydrogen) atoms. The van der Waals surface area contributed by atoms with Crippen LogP contribution in [-0.4, -0.2) is 21.6 Å². The molecule has 0 unspecified atom stereocenters. The summed E-state index contributed by atoms with van der Waals surface area (Å²) in [5.74, 6) is 0. The molecular weight excluding hydrogens is 408 g/mol. The number of hydrogen-bond donors (Lipinski definition) is 0. The van der Waals surface area contributed by atoms with E-state index in [2.05, 4.69) is 18.3 Å². The Balaban J connectivity index is 0.00000729. The molecule has 0 spiro atoms. The first kappa shape index (κ1) is 28.3. The van der Waals surface area contributed by atoms with Gasteiger partial charge in [-0.25, -0.2) is 8.42 Å². The summed E-state index contributed by atoms with van der Waals surface area (Å²) in [7, 11) is -8.20. The summed E-state index contributed by atoms with van der Waals surface area (Å²) in [6.45, 7) is 6.37. The third-order valence-electron chi connectivity index (χ3n) is 4.03. The summed E-state index contributed by atoms with van der Waals surface area (Å²) < 4.78 is 52.3. The summed E-state index contributed by atoms with van der Waals surface area (Å²) in [6.07, 6.45) is 7.47. The molecule has 1 aromatic carbocycles. The second kappa shape index (κ2) is 15.1. The van der Waals surface area contributed by atoms with Crippen LogP contribution < -0.4 is 29.6 Å². The first-order chi connectivity index (χ1) is 12.8. The maximum atomic E-state index is 12.9. The molecular formula is C19H33NNaO5PS. The Kier molecular flexibility index (Phi) is 15.3. The van der Waals surface area contributed by atoms with E-state index in [1.807, 2.05) is 6.92 Å². The van der Waals surface area contributed by atoms with Crippen molar-refractivity contribution in [1.82, 2.24) is 0 Å². The quantitative estimate of drug-likeness (QED) is 0.237. The van der Waals surface area contributed by atoms with Crippen molar-refractivity contribution in [2.24, 2.45) is 0 Å². The zero-order chi connectivity index (χ0) is 20.2. The second-order valence-electron chi connectivity index (χ2n) is 6.63. The van der Waals surface area contributed by atoms with Gasteiger partial charge in [0.1, 0.15) is 10.0 Å². The van der Waals surface area contributed by atoms with E-state index >= 15 is 0 Å². The molecule has 0 aliphatic carbocycles. The van der Waals surface area contributed by atoms with Gasteiger partial charge in [-0.3, -0.25) is 4.57 Å². The zero-order valence-electron chi connectivity index (χ0n) is 17.7. The summed E-state index contributed by atoms with van der Waals surface area (Å²) in [5.41, 5.74) is 0.927. The SMILES string of the molecule is CCCCCCOP(=O)([N-]S(=O)(=O)c1ccc(C)cc1)OCCCCCC.[Na+]. The molecule has 1 aromatic rings. The van der Waals surface area contributed by atoms with Crippen LogP contribution in [0, 0.1) is 6.92 Å². The topological polar surface area (TPSA) is 83.8 Å². The van der Waals surface area contributed by atoms with Gasteiger partial charge in [-0.1, -0.05) is 70.1 Å². The monoisotopic (exact) mass is 441 g/mol. The number of nitrogens with zero attached hydrogens (tertiary/aromatic N) is 1. The van der Waals surface area contributed by atoms with Gasteiger partial charge in [0.25, 0.3) is 7.75 Å². The van der Waals surface area contributed by atoms with Crippen molar-refractivity contribution in [3.05, 3.63) is 34.3 Å². The first-order valence-corrected chi connectivity index (χ1v) is 12.7. The number of aryl methyl sites for hydroxylation is 1. The van der Waals surface area contributed by atoms with E-state index in [0.29, 0.717) is 12.8 Å². The van der Waals surface area contributed by atoms with E-state index in [9.17, 15) is 13.0 Å². The van der Waals surface area contributed by atoms with Crippen LogP contribution in [0.5, 0.6) is 0 Å². The fourth-order valence-corrected chi connectivity index (χ4v) is 5.47. The van der Waals surface area contributed by atoms with Crippen molar-refractivity contribution in [3.63, 3.8) is 0 Å². The predicted octanol–water partition coefficient (Wildman–Crippen LogP) is 3.36. The van der Waals surface area contributed by atoms with E-state index in [0.717, 1.165) is 44.1 Å². The van der Waals surface area contributed by atoms with E-state index in [1.165, 1.54) is 12.1 Å². The predicted molar refractivity (Wildman–Crippen MR) is 110 cm³/mol. The average Bonchev–Trinajstić information content (AvgIpc) is 2.61. The molecule has 0 saturated heterocycles. The largest absolute Gasteiger partial charge is 1.00 e. The van der Waals surface area contributed by atoms with Crippen molar-refractivity contribution < 1.29 is 51.6 Å². The standard InChI is InChI=1S/C19H33NO5PS.Na/c1-4-6-8-10-16-24-26(21,25-17-11-9-7-5-2)20-27(22,23)19-14-12-18(3)13-15-19;/h12-15H,4-11,16-17H2,1-3H3;/q-1;+1. The molecule has 156 valence electrons. The van der Waals surface area contributed by atoms with Crippen LogP contribution in [0.2, 0.25) is 0 Å². The van der Waals surface area contributed by atoms with Crippen LogP contribution in [0.15, 0.2) is 29.2 Å². The Morgan fingerprint density at radius 1 is 0.857 bits per heavy atom. The van der Waals surface area contributed by atoms with Crippen molar-refractivity contribution in [2.75, 3.05) is 13.2 Å². The maximum Gasteiger partial charge on any atom is 1.00 e. The molecule has 9 heteroatoms. The van der Waals surface area contributed by atoms with Crippen molar-refractivity contribution in [1.29, 1.82) is 0 Å². The van der Waals surface area contributed by atoms with Gasteiger partial charge in [-0.15, -0.1) is 0 Å². The van der Waals surface area contributed by atoms with Crippen LogP contribution in [-0.2, 0) is 23.6 Å². The molecule has 0 aliphatic rings. The number of rotatable bonds is 15. The third kappa shape index (κ3) is 11.5. The van der Waals surface area contributed by atoms with Crippen LogP contribution in [0.1, 0.15) is 70.8 Å². The Labute approximate surface area is 193 Å². The fraction of sp³-hybridized carbons (Fsp3) is 0.684. The molecule has 0 radical (unpaired) electrons. The Morgan fingerprint density at radius 3 is 1.75 bits per heavy atom. The minimum Gasteiger partial charge on any atom is -0.438 e. The van der Waals surface area contributed by atoms with Crippen molar-refractivity contribution in [3.8, 4) is 0 Å². The van der Waals surface area contributed by atoms with Crippen LogP contribution in [0.4, 0.5) is 0 Å². The minimum atomic E-state index is -4.12. The van der Waals surface area contributed by atoms with Gasteiger partial charge in [0.2, 0.25) is 0 Å². The maximum absolute atomic E-state index is 12.9. The molecule has 0 saturated carbocycles. The number of benzene rings is 1. The van der Waals surface area contributed by atoms with E-state index in [-0.39, 0.29) is 47.7 Å². The smallest absolute Gasteiger partial charge is 0.438 e. The van der Waals surface area contributed by atoms with Crippen LogP contribution >= 0.6 is 7.75 Å². The number of hydrogen-bond acceptors (Lipinski definition) is 5. The van der Waals surface area contributed by atoms with Gasteiger partial charge in [0.05, 0.1) is 13.2 Å². The molecule has 0 bridgehead atoms. The molecule has 0 aromatic heterocycles. The fourth-order valence-electron chi connectivity index (χ4n) is 2.39. The Morgan fingerprint density at radius 2 is 1.32 bits per heavy atom. The van der Waals surface area contributed by atoms with Gasteiger partial charge in [-0.05, 0) is 31.9 Å². The van der Waals surface area contributed by atoms with Gasteiger partial charge >= 0.3 is 29.6 Å². The normalized spacial score (nSPS) is 12.0. The minimum absolute atomic E-state index is 0. The van der Waals surface area contributed by atoms with Crippen LogP contribution in [0.3, 0.4) is 0 Å². The van der Waals surface area contributed by atoms with Gasteiger partial charge in [0.15, 0.2) is 0 Å². The molecule has 6 nitrogen and oxygen atoms in total. The average molecular weight is 442 g/mol. The number of unbranched alkanes of at least 4 members (excludes halogenated alkanes) is 6. The van der Waals surface area contributed by atoms with Crippen molar-refractivity contribution in [2.45, 2.75) is 77.0 Å². The van der Waals surface area contributed by atoms with Gasteiger partial charge in [0, 0.05) is 4.90 Å². The van der Waals surface area contributed by atoms with E-state index in [4.69, 9.17) is 9.05 Å². The molecule has 0 fully saturated rings. The molecule has 0 N–H and O–H groups in total. The summed E-state index contributed by atoms with van der Waals surface area (Å²) in [4.78, 5) is -0.0162. The van der Waals surface area contributed by atoms with E-state index in [1.54, 1.807) is 12.1 Å². The molecule has 0 amide bonds. The third-order valence-corrected chi connectivity index (χ3v) is 7.58. The Hall–Kier alpha value is 0.280. The molecule has 0 aliphatic heterocycles. The van der Waals surface area contributed by atoms with E-state index < -0.39 is 17.8 Å². The first-order valence-electron chi connectivity index (χ1n) is 9.78. The summed E-state index contributed by atoms with van der Waals surface area (Å²) in [6, 6.07) is 6.23. The molecule has 0 heterocycles. The summed E-state index contributed by atoms with van der Waals surface area (Å²) in [5, 5.41) is 0. The second-order valence-corrected chi connectivity index (χ2v) is 10.2. The van der Waals surface area contributed by atoms with Gasteiger partial charge < -0.3 is 13.5 Å². The molecule has 1 rings (SSSR count). The Bertz CT molecular complexity index is 664. The van der Waals surface area contributed by atoms with Gasteiger partial charge in [-0.2, -0.15) is 0 Å². The summed E-state index contributed by atoms with van der Waals surface area (Å²) >= 11 is 0. The number of sulfonamides is 1. The molecule has 0 atom stereocenters.